The number of anilines is 1. The highest BCUT2D eigenvalue weighted by Gasteiger charge is 2.28. The minimum Gasteiger partial charge on any atom is -0.483 e. The number of nitrogens with zero attached hydrogens (tertiary/aromatic N) is 1. The van der Waals surface area contributed by atoms with Crippen LogP contribution in [0, 0.1) is 6.92 Å². The Morgan fingerprint density at radius 2 is 1.85 bits per heavy atom. The molecule has 0 atom stereocenters. The van der Waals surface area contributed by atoms with Crippen LogP contribution in [0.25, 0.3) is 0 Å². The van der Waals surface area contributed by atoms with Gasteiger partial charge < -0.3 is 19.5 Å². The van der Waals surface area contributed by atoms with Crippen molar-refractivity contribution in [3.05, 3.63) is 53.1 Å². The Hall–Kier alpha value is -2.79. The number of carbonyl (C=O) groups excluding carboxylic acids is 2. The van der Waals surface area contributed by atoms with Gasteiger partial charge in [-0.3, -0.25) is 9.59 Å². The van der Waals surface area contributed by atoms with E-state index in [1.807, 2.05) is 0 Å². The number of morpholine rings is 1. The van der Waals surface area contributed by atoms with Crippen molar-refractivity contribution in [2.45, 2.75) is 25.3 Å². The Labute approximate surface area is 193 Å². The SMILES string of the molecule is COCc1cc(C(C)=O)ccc1OCC(=O)Nc1ccc(C)c(S(=O)(=O)N2CCOCC2)c1. The second-order valence-corrected chi connectivity index (χ2v) is 9.55. The largest absolute Gasteiger partial charge is 0.483 e. The summed E-state index contributed by atoms with van der Waals surface area (Å²) in [6, 6.07) is 9.66. The maximum Gasteiger partial charge on any atom is 0.262 e. The first-order valence-electron chi connectivity index (χ1n) is 10.5. The monoisotopic (exact) mass is 476 g/mol. The first kappa shape index (κ1) is 24.8. The Morgan fingerprint density at radius 1 is 1.12 bits per heavy atom. The quantitative estimate of drug-likeness (QED) is 0.553. The zero-order valence-electron chi connectivity index (χ0n) is 18.9. The standard InChI is InChI=1S/C23H28N2O7S/c1-16-4-6-20(13-22(16)33(28,29)25-8-10-31-11-9-25)24-23(27)15-32-21-7-5-18(17(2)26)12-19(21)14-30-3/h4-7,12-13H,8-11,14-15H2,1-3H3,(H,24,27). The van der Waals surface area contributed by atoms with E-state index >= 15 is 0 Å². The number of hydrogen-bond donors (Lipinski definition) is 1. The second kappa shape index (κ2) is 10.9. The molecule has 178 valence electrons. The molecule has 1 saturated heterocycles. The summed E-state index contributed by atoms with van der Waals surface area (Å²) in [5.41, 5.74) is 2.11. The van der Waals surface area contributed by atoms with Crippen molar-refractivity contribution in [1.29, 1.82) is 0 Å². The van der Waals surface area contributed by atoms with E-state index < -0.39 is 15.9 Å². The maximum absolute atomic E-state index is 13.0. The van der Waals surface area contributed by atoms with Gasteiger partial charge in [0.05, 0.1) is 24.7 Å². The highest BCUT2D eigenvalue weighted by Crippen LogP contribution is 2.25. The van der Waals surface area contributed by atoms with Crippen LogP contribution in [-0.4, -0.2) is 64.4 Å². The van der Waals surface area contributed by atoms with E-state index in [2.05, 4.69) is 5.32 Å². The molecule has 0 bridgehead atoms. The fourth-order valence-corrected chi connectivity index (χ4v) is 5.09. The summed E-state index contributed by atoms with van der Waals surface area (Å²) in [7, 11) is -2.18. The summed E-state index contributed by atoms with van der Waals surface area (Å²) in [6.07, 6.45) is 0. The third kappa shape index (κ3) is 6.17. The Bertz CT molecular complexity index is 1130. The molecule has 9 nitrogen and oxygen atoms in total. The molecule has 1 fully saturated rings. The summed E-state index contributed by atoms with van der Waals surface area (Å²) in [6.45, 7) is 4.39. The van der Waals surface area contributed by atoms with Crippen LogP contribution in [0.5, 0.6) is 5.75 Å². The van der Waals surface area contributed by atoms with Crippen molar-refractivity contribution in [3.63, 3.8) is 0 Å². The molecule has 0 radical (unpaired) electrons. The van der Waals surface area contributed by atoms with Gasteiger partial charge in [-0.1, -0.05) is 6.07 Å². The highest BCUT2D eigenvalue weighted by atomic mass is 32.2. The zero-order valence-corrected chi connectivity index (χ0v) is 19.7. The number of benzene rings is 2. The Kier molecular flexibility index (Phi) is 8.20. The molecular weight excluding hydrogens is 448 g/mol. The molecule has 2 aromatic rings. The number of ketones is 1. The van der Waals surface area contributed by atoms with Crippen LogP contribution >= 0.6 is 0 Å². The second-order valence-electron chi connectivity index (χ2n) is 7.65. The molecule has 10 heteroatoms. The molecule has 1 aliphatic rings. The number of sulfonamides is 1. The Morgan fingerprint density at radius 3 is 2.52 bits per heavy atom. The van der Waals surface area contributed by atoms with Crippen LogP contribution < -0.4 is 10.1 Å². The number of nitrogens with one attached hydrogen (secondary N) is 1. The molecule has 1 amide bonds. The topological polar surface area (TPSA) is 111 Å². The predicted molar refractivity (Wildman–Crippen MR) is 122 cm³/mol. The molecule has 0 unspecified atom stereocenters. The highest BCUT2D eigenvalue weighted by molar-refractivity contribution is 7.89. The van der Waals surface area contributed by atoms with Crippen LogP contribution in [-0.2, 0) is 30.9 Å². The van der Waals surface area contributed by atoms with Crippen LogP contribution in [0.2, 0.25) is 0 Å². The van der Waals surface area contributed by atoms with Crippen LogP contribution in [0.3, 0.4) is 0 Å². The fraction of sp³-hybridized carbons (Fsp3) is 0.391. The number of amides is 1. The molecular formula is C23H28N2O7S. The van der Waals surface area contributed by atoms with Gasteiger partial charge in [-0.2, -0.15) is 4.31 Å². The lowest BCUT2D eigenvalue weighted by Gasteiger charge is -2.26. The number of hydrogen-bond acceptors (Lipinski definition) is 7. The summed E-state index contributed by atoms with van der Waals surface area (Å²) in [4.78, 5) is 24.2. The third-order valence-electron chi connectivity index (χ3n) is 5.19. The Balaban J connectivity index is 1.70. The molecule has 1 heterocycles. The third-order valence-corrected chi connectivity index (χ3v) is 7.23. The number of Topliss-reactive ketones (excluding diaryl/α,β-unsaturated/α-hetero) is 1. The summed E-state index contributed by atoms with van der Waals surface area (Å²) >= 11 is 0. The van der Waals surface area contributed by atoms with Gasteiger partial charge in [0.15, 0.2) is 12.4 Å². The lowest BCUT2D eigenvalue weighted by atomic mass is 10.1. The normalized spacial score (nSPS) is 14.6. The van der Waals surface area contributed by atoms with Crippen molar-refractivity contribution >= 4 is 27.4 Å². The van der Waals surface area contributed by atoms with E-state index in [-0.39, 0.29) is 23.9 Å². The van der Waals surface area contributed by atoms with E-state index in [0.717, 1.165) is 0 Å². The van der Waals surface area contributed by atoms with E-state index in [4.69, 9.17) is 14.2 Å². The maximum atomic E-state index is 13.0. The van der Waals surface area contributed by atoms with Gasteiger partial charge in [-0.15, -0.1) is 0 Å². The minimum atomic E-state index is -3.70. The first-order chi connectivity index (χ1) is 15.7. The average Bonchev–Trinajstić information content (AvgIpc) is 2.80. The first-order valence-corrected chi connectivity index (χ1v) is 11.9. The number of rotatable bonds is 9. The number of carbonyl (C=O) groups is 2. The van der Waals surface area contributed by atoms with E-state index in [1.54, 1.807) is 37.3 Å². The van der Waals surface area contributed by atoms with Gasteiger partial charge >= 0.3 is 0 Å². The minimum absolute atomic E-state index is 0.0844. The van der Waals surface area contributed by atoms with Crippen LogP contribution in [0.1, 0.15) is 28.4 Å². The molecule has 33 heavy (non-hydrogen) atoms. The van der Waals surface area contributed by atoms with Gasteiger partial charge in [-0.05, 0) is 49.7 Å². The lowest BCUT2D eigenvalue weighted by molar-refractivity contribution is -0.118. The molecule has 0 saturated carbocycles. The lowest BCUT2D eigenvalue weighted by Crippen LogP contribution is -2.40. The zero-order chi connectivity index (χ0) is 24.0. The average molecular weight is 477 g/mol. The fourth-order valence-electron chi connectivity index (χ4n) is 3.43. The molecule has 1 aliphatic heterocycles. The molecule has 3 rings (SSSR count). The molecule has 1 N–H and O–H groups in total. The molecule has 2 aromatic carbocycles. The van der Waals surface area contributed by atoms with E-state index in [1.165, 1.54) is 24.4 Å². The van der Waals surface area contributed by atoms with Crippen molar-refractivity contribution < 1.29 is 32.2 Å². The molecule has 0 spiro atoms. The smallest absolute Gasteiger partial charge is 0.262 e. The van der Waals surface area contributed by atoms with Crippen molar-refractivity contribution in [1.82, 2.24) is 4.31 Å². The van der Waals surface area contributed by atoms with Crippen LogP contribution in [0.4, 0.5) is 5.69 Å². The van der Waals surface area contributed by atoms with Gasteiger partial charge in [0, 0.05) is 37.0 Å². The number of methoxy groups -OCH3 is 1. The van der Waals surface area contributed by atoms with Gasteiger partial charge in [0.1, 0.15) is 5.75 Å². The van der Waals surface area contributed by atoms with E-state index in [9.17, 15) is 18.0 Å². The molecule has 0 aromatic heterocycles. The van der Waals surface area contributed by atoms with E-state index in [0.29, 0.717) is 54.4 Å². The summed E-state index contributed by atoms with van der Waals surface area (Å²) < 4.78 is 43.5. The van der Waals surface area contributed by atoms with Gasteiger partial charge in [-0.25, -0.2) is 8.42 Å². The van der Waals surface area contributed by atoms with Crippen LogP contribution in [0.15, 0.2) is 41.3 Å². The van der Waals surface area contributed by atoms with Crippen molar-refractivity contribution in [2.24, 2.45) is 0 Å². The summed E-state index contributed by atoms with van der Waals surface area (Å²) in [5.74, 6) is -0.108. The van der Waals surface area contributed by atoms with Crippen molar-refractivity contribution in [2.75, 3.05) is 45.3 Å². The summed E-state index contributed by atoms with van der Waals surface area (Å²) in [5, 5.41) is 2.68. The number of ether oxygens (including phenoxy) is 3. The molecule has 0 aliphatic carbocycles. The van der Waals surface area contributed by atoms with Gasteiger partial charge in [0.25, 0.3) is 5.91 Å². The number of aryl methyl sites for hydroxylation is 1. The van der Waals surface area contributed by atoms with Crippen molar-refractivity contribution in [3.8, 4) is 5.75 Å². The predicted octanol–water partition coefficient (Wildman–Crippen LogP) is 2.38. The van der Waals surface area contributed by atoms with Gasteiger partial charge in [0.2, 0.25) is 10.0 Å².